The number of nitrogens with one attached hydrogen (secondary N) is 1. The molecule has 0 saturated heterocycles. The zero-order valence-electron chi connectivity index (χ0n) is 12.5. The van der Waals surface area contributed by atoms with Crippen molar-refractivity contribution in [1.82, 2.24) is 5.32 Å². The maximum atomic E-state index is 10.9. The summed E-state index contributed by atoms with van der Waals surface area (Å²) in [5, 5.41) is 14.4. The molecule has 0 radical (unpaired) electrons. The Morgan fingerprint density at radius 2 is 2.15 bits per heavy atom. The number of nitrogens with zero attached hydrogens (tertiary/aromatic N) is 1. The number of non-ortho nitro benzene ring substituents is 1. The molecule has 20 heavy (non-hydrogen) atoms. The lowest BCUT2D eigenvalue weighted by Gasteiger charge is -2.24. The molecule has 0 spiro atoms. The summed E-state index contributed by atoms with van der Waals surface area (Å²) in [6, 6.07) is 7.23. The molecule has 0 bridgehead atoms. The first-order chi connectivity index (χ1) is 9.62. The zero-order chi connectivity index (χ0) is 15.0. The summed E-state index contributed by atoms with van der Waals surface area (Å²) in [4.78, 5) is 10.5. The number of ether oxygens (including phenoxy) is 1. The van der Waals surface area contributed by atoms with Crippen molar-refractivity contribution in [3.63, 3.8) is 0 Å². The first-order valence-corrected chi connectivity index (χ1v) is 7.11. The van der Waals surface area contributed by atoms with Crippen LogP contribution in [0.15, 0.2) is 24.3 Å². The Kier molecular flexibility index (Phi) is 7.18. The molecule has 0 aliphatic rings. The lowest BCUT2D eigenvalue weighted by atomic mass is 10.0. The molecule has 1 N–H and O–H groups in total. The minimum Gasteiger partial charge on any atom is -0.383 e. The largest absolute Gasteiger partial charge is 0.383 e. The van der Waals surface area contributed by atoms with E-state index in [1.165, 1.54) is 6.07 Å². The van der Waals surface area contributed by atoms with Crippen LogP contribution in [0, 0.1) is 10.1 Å². The van der Waals surface area contributed by atoms with E-state index < -0.39 is 0 Å². The van der Waals surface area contributed by atoms with Crippen LogP contribution in [-0.4, -0.2) is 24.7 Å². The molecule has 112 valence electrons. The van der Waals surface area contributed by atoms with E-state index in [1.54, 1.807) is 19.2 Å². The molecular formula is C15H24N2O3. The Hall–Kier alpha value is -1.46. The van der Waals surface area contributed by atoms with E-state index in [1.807, 2.05) is 6.07 Å². The lowest BCUT2D eigenvalue weighted by Crippen LogP contribution is -2.36. The zero-order valence-corrected chi connectivity index (χ0v) is 12.5. The van der Waals surface area contributed by atoms with E-state index in [-0.39, 0.29) is 22.7 Å². The summed E-state index contributed by atoms with van der Waals surface area (Å²) in [5.41, 5.74) is 1.10. The number of nitro benzene ring substituents is 1. The minimum absolute atomic E-state index is 0.113. The fourth-order valence-corrected chi connectivity index (χ4v) is 2.35. The van der Waals surface area contributed by atoms with Crippen LogP contribution in [0.25, 0.3) is 0 Å². The Morgan fingerprint density at radius 1 is 1.40 bits per heavy atom. The van der Waals surface area contributed by atoms with Crippen molar-refractivity contribution in [2.24, 2.45) is 0 Å². The quantitative estimate of drug-likeness (QED) is 0.556. The van der Waals surface area contributed by atoms with Gasteiger partial charge in [0.2, 0.25) is 0 Å². The van der Waals surface area contributed by atoms with Gasteiger partial charge < -0.3 is 10.1 Å². The average Bonchev–Trinajstić information content (AvgIpc) is 2.45. The Balaban J connectivity index is 2.83. The highest BCUT2D eigenvalue weighted by Gasteiger charge is 2.17. The second-order valence-corrected chi connectivity index (χ2v) is 4.92. The van der Waals surface area contributed by atoms with Gasteiger partial charge in [0.05, 0.1) is 11.5 Å². The predicted octanol–water partition coefficient (Wildman–Crippen LogP) is 3.45. The van der Waals surface area contributed by atoms with Crippen LogP contribution in [0.4, 0.5) is 5.69 Å². The van der Waals surface area contributed by atoms with Gasteiger partial charge in [-0.25, -0.2) is 0 Å². The van der Waals surface area contributed by atoms with Crippen molar-refractivity contribution >= 4 is 5.69 Å². The molecule has 5 heteroatoms. The highest BCUT2D eigenvalue weighted by molar-refractivity contribution is 5.35. The van der Waals surface area contributed by atoms with E-state index >= 15 is 0 Å². The first-order valence-electron chi connectivity index (χ1n) is 7.11. The highest BCUT2D eigenvalue weighted by Crippen LogP contribution is 2.22. The van der Waals surface area contributed by atoms with Gasteiger partial charge in [-0.05, 0) is 18.4 Å². The van der Waals surface area contributed by atoms with Crippen molar-refractivity contribution in [2.45, 2.75) is 45.2 Å². The van der Waals surface area contributed by atoms with Gasteiger partial charge in [0, 0.05) is 31.3 Å². The number of benzene rings is 1. The van der Waals surface area contributed by atoms with E-state index in [0.717, 1.165) is 24.8 Å². The third-order valence-electron chi connectivity index (χ3n) is 3.33. The van der Waals surface area contributed by atoms with Crippen molar-refractivity contribution in [3.05, 3.63) is 39.9 Å². The third-order valence-corrected chi connectivity index (χ3v) is 3.33. The van der Waals surface area contributed by atoms with Crippen LogP contribution in [-0.2, 0) is 4.74 Å². The molecule has 2 atom stereocenters. The Bertz CT molecular complexity index is 417. The van der Waals surface area contributed by atoms with Gasteiger partial charge >= 0.3 is 0 Å². The lowest BCUT2D eigenvalue weighted by molar-refractivity contribution is -0.384. The molecule has 0 aliphatic carbocycles. The van der Waals surface area contributed by atoms with Gasteiger partial charge in [-0.3, -0.25) is 10.1 Å². The molecule has 2 unspecified atom stereocenters. The summed E-state index contributed by atoms with van der Waals surface area (Å²) in [7, 11) is 1.69. The number of nitro groups is 1. The summed E-state index contributed by atoms with van der Waals surface area (Å²) in [6.07, 6.45) is 2.98. The van der Waals surface area contributed by atoms with Gasteiger partial charge in [-0.15, -0.1) is 0 Å². The summed E-state index contributed by atoms with van der Waals surface area (Å²) < 4.78 is 5.23. The molecule has 0 amide bonds. The van der Waals surface area contributed by atoms with Crippen molar-refractivity contribution in [3.8, 4) is 0 Å². The van der Waals surface area contributed by atoms with Crippen molar-refractivity contribution in [1.29, 1.82) is 0 Å². The van der Waals surface area contributed by atoms with Crippen LogP contribution < -0.4 is 5.32 Å². The Labute approximate surface area is 120 Å². The maximum Gasteiger partial charge on any atom is 0.269 e. The number of hydrogen-bond acceptors (Lipinski definition) is 4. The van der Waals surface area contributed by atoms with Gasteiger partial charge in [0.1, 0.15) is 0 Å². The van der Waals surface area contributed by atoms with E-state index in [0.29, 0.717) is 6.61 Å². The number of rotatable bonds is 9. The molecule has 1 aromatic carbocycles. The van der Waals surface area contributed by atoms with Crippen molar-refractivity contribution < 1.29 is 9.66 Å². The number of hydrogen-bond donors (Lipinski definition) is 1. The molecule has 0 fully saturated rings. The van der Waals surface area contributed by atoms with Crippen LogP contribution in [0.1, 0.15) is 44.7 Å². The molecule has 0 aromatic heterocycles. The smallest absolute Gasteiger partial charge is 0.269 e. The second kappa shape index (κ2) is 8.66. The Morgan fingerprint density at radius 3 is 2.70 bits per heavy atom. The summed E-state index contributed by atoms with van der Waals surface area (Å²) >= 11 is 0. The average molecular weight is 280 g/mol. The normalized spacial score (nSPS) is 13.9. The van der Waals surface area contributed by atoms with Gasteiger partial charge in [-0.2, -0.15) is 0 Å². The topological polar surface area (TPSA) is 64.4 Å². The van der Waals surface area contributed by atoms with Crippen LogP contribution >= 0.6 is 0 Å². The molecule has 0 aliphatic heterocycles. The predicted molar refractivity (Wildman–Crippen MR) is 79.8 cm³/mol. The van der Waals surface area contributed by atoms with Gasteiger partial charge in [0.15, 0.2) is 0 Å². The standard InChI is InChI=1S/C15H24N2O3/c1-4-7-13(11-20-3)16-15(5-2)12-8-6-9-14(10-12)17(18)19/h6,8-10,13,15-16H,4-5,7,11H2,1-3H3. The van der Waals surface area contributed by atoms with Crippen molar-refractivity contribution in [2.75, 3.05) is 13.7 Å². The molecule has 1 aromatic rings. The minimum atomic E-state index is -0.352. The SMILES string of the molecule is CCCC(COC)NC(CC)c1cccc([N+](=O)[O-])c1. The summed E-state index contributed by atoms with van der Waals surface area (Å²) in [5.74, 6) is 0. The highest BCUT2D eigenvalue weighted by atomic mass is 16.6. The van der Waals surface area contributed by atoms with Crippen LogP contribution in [0.3, 0.4) is 0 Å². The molecular weight excluding hydrogens is 256 g/mol. The van der Waals surface area contributed by atoms with E-state index in [2.05, 4.69) is 19.2 Å². The third kappa shape index (κ3) is 4.90. The van der Waals surface area contributed by atoms with Crippen LogP contribution in [0.5, 0.6) is 0 Å². The molecule has 1 rings (SSSR count). The second-order valence-electron chi connectivity index (χ2n) is 4.92. The fraction of sp³-hybridized carbons (Fsp3) is 0.600. The van der Waals surface area contributed by atoms with Crippen LogP contribution in [0.2, 0.25) is 0 Å². The number of methoxy groups -OCH3 is 1. The summed E-state index contributed by atoms with van der Waals surface area (Å²) in [6.45, 7) is 4.87. The monoisotopic (exact) mass is 280 g/mol. The van der Waals surface area contributed by atoms with E-state index in [4.69, 9.17) is 4.74 Å². The maximum absolute atomic E-state index is 10.9. The molecule has 0 heterocycles. The van der Waals surface area contributed by atoms with E-state index in [9.17, 15) is 10.1 Å². The molecule has 0 saturated carbocycles. The first kappa shape index (κ1) is 16.6. The van der Waals surface area contributed by atoms with Gasteiger partial charge in [0.25, 0.3) is 5.69 Å². The molecule has 5 nitrogen and oxygen atoms in total. The fourth-order valence-electron chi connectivity index (χ4n) is 2.35. The van der Waals surface area contributed by atoms with Gasteiger partial charge in [-0.1, -0.05) is 32.4 Å².